The molecule has 6 nitrogen and oxygen atoms in total. The van der Waals surface area contributed by atoms with Crippen molar-refractivity contribution in [3.8, 4) is 0 Å². The van der Waals surface area contributed by atoms with Gasteiger partial charge in [-0.3, -0.25) is 19.1 Å². The van der Waals surface area contributed by atoms with Crippen LogP contribution < -0.4 is 10.9 Å². The lowest BCUT2D eigenvalue weighted by Crippen LogP contribution is -2.45. The van der Waals surface area contributed by atoms with Gasteiger partial charge in [0.05, 0.1) is 17.2 Å². The highest BCUT2D eigenvalue weighted by molar-refractivity contribution is 5.80. The molecule has 2 aromatic carbocycles. The smallest absolute Gasteiger partial charge is 0.261 e. The fourth-order valence-electron chi connectivity index (χ4n) is 4.18. The highest BCUT2D eigenvalue weighted by Crippen LogP contribution is 2.12. The molecule has 0 spiro atoms. The molecule has 170 valence electrons. The van der Waals surface area contributed by atoms with E-state index in [1.165, 1.54) is 5.56 Å². The van der Waals surface area contributed by atoms with Crippen molar-refractivity contribution in [1.29, 1.82) is 0 Å². The Balaban J connectivity index is 1.54. The van der Waals surface area contributed by atoms with Crippen LogP contribution in [0.1, 0.15) is 37.8 Å². The van der Waals surface area contributed by atoms with Gasteiger partial charge in [-0.25, -0.2) is 4.98 Å². The number of fused-ring (bicyclic) bond motifs is 1. The molecular formula is C26H34N4O2. The van der Waals surface area contributed by atoms with Crippen molar-refractivity contribution in [3.05, 3.63) is 76.3 Å². The summed E-state index contributed by atoms with van der Waals surface area (Å²) in [5.74, 6) is 0.0212. The molecule has 1 amide bonds. The SMILES string of the molecule is CCN(CC)C(CNC(=O)CCCn1cnc2c(C)cccc2c1=O)Cc1ccccc1. The molecular weight excluding hydrogens is 400 g/mol. The number of para-hydroxylation sites is 1. The van der Waals surface area contributed by atoms with Crippen LogP contribution in [0, 0.1) is 6.92 Å². The molecule has 0 radical (unpaired) electrons. The van der Waals surface area contributed by atoms with Gasteiger partial charge < -0.3 is 5.32 Å². The van der Waals surface area contributed by atoms with Crippen molar-refractivity contribution in [2.75, 3.05) is 19.6 Å². The molecule has 0 bridgehead atoms. The second-order valence-corrected chi connectivity index (χ2v) is 8.19. The van der Waals surface area contributed by atoms with Gasteiger partial charge in [0.2, 0.25) is 5.91 Å². The molecule has 3 rings (SSSR count). The number of carbonyl (C=O) groups is 1. The van der Waals surface area contributed by atoms with Crippen molar-refractivity contribution < 1.29 is 4.79 Å². The Bertz CT molecular complexity index is 1070. The lowest BCUT2D eigenvalue weighted by atomic mass is 10.0. The van der Waals surface area contributed by atoms with Gasteiger partial charge in [-0.15, -0.1) is 0 Å². The number of amides is 1. The molecule has 1 N–H and O–H groups in total. The number of nitrogens with one attached hydrogen (secondary N) is 1. The second kappa shape index (κ2) is 11.6. The predicted octanol–water partition coefficient (Wildman–Crippen LogP) is 3.55. The van der Waals surface area contributed by atoms with Gasteiger partial charge in [0.25, 0.3) is 5.56 Å². The van der Waals surface area contributed by atoms with Crippen molar-refractivity contribution >= 4 is 16.8 Å². The fourth-order valence-corrected chi connectivity index (χ4v) is 4.18. The molecule has 0 aliphatic heterocycles. The summed E-state index contributed by atoms with van der Waals surface area (Å²) in [5, 5.41) is 3.73. The van der Waals surface area contributed by atoms with E-state index < -0.39 is 0 Å². The maximum Gasteiger partial charge on any atom is 0.261 e. The van der Waals surface area contributed by atoms with Gasteiger partial charge in [0, 0.05) is 25.6 Å². The number of nitrogens with zero attached hydrogens (tertiary/aromatic N) is 3. The molecule has 1 aromatic heterocycles. The summed E-state index contributed by atoms with van der Waals surface area (Å²) in [6.07, 6.45) is 3.47. The molecule has 0 saturated heterocycles. The van der Waals surface area contributed by atoms with E-state index in [2.05, 4.69) is 53.3 Å². The van der Waals surface area contributed by atoms with Crippen LogP contribution in [-0.4, -0.2) is 46.0 Å². The Kier molecular flexibility index (Phi) is 8.56. The van der Waals surface area contributed by atoms with E-state index in [1.54, 1.807) is 17.0 Å². The summed E-state index contributed by atoms with van der Waals surface area (Å²) in [5.41, 5.74) is 2.96. The standard InChI is InChI=1S/C26H34N4O2/c1-4-29(5-2)22(17-21-12-7-6-8-13-21)18-27-24(31)15-10-16-30-19-28-25-20(3)11-9-14-23(25)26(30)32/h6-9,11-14,19,22H,4-5,10,15-18H2,1-3H3,(H,27,31). The molecule has 1 atom stereocenters. The van der Waals surface area contributed by atoms with E-state index in [0.717, 1.165) is 30.6 Å². The number of benzene rings is 2. The summed E-state index contributed by atoms with van der Waals surface area (Å²) in [6, 6.07) is 16.3. The molecule has 6 heteroatoms. The zero-order chi connectivity index (χ0) is 22.9. The van der Waals surface area contributed by atoms with Crippen LogP contribution in [0.3, 0.4) is 0 Å². The van der Waals surface area contributed by atoms with Crippen LogP contribution in [0.5, 0.6) is 0 Å². The van der Waals surface area contributed by atoms with Crippen LogP contribution in [-0.2, 0) is 17.8 Å². The van der Waals surface area contributed by atoms with Crippen LogP contribution in [0.15, 0.2) is 59.7 Å². The molecule has 1 unspecified atom stereocenters. The maximum absolute atomic E-state index is 12.7. The van der Waals surface area contributed by atoms with Crippen molar-refractivity contribution in [2.24, 2.45) is 0 Å². The fraction of sp³-hybridized carbons (Fsp3) is 0.423. The van der Waals surface area contributed by atoms with Crippen LogP contribution in [0.25, 0.3) is 10.9 Å². The van der Waals surface area contributed by atoms with Crippen LogP contribution >= 0.6 is 0 Å². The molecule has 0 aliphatic carbocycles. The summed E-state index contributed by atoms with van der Waals surface area (Å²) in [7, 11) is 0. The van der Waals surface area contributed by atoms with Gasteiger partial charge in [-0.05, 0) is 50.0 Å². The normalized spacial score (nSPS) is 12.2. The number of carbonyl (C=O) groups excluding carboxylic acids is 1. The van der Waals surface area contributed by atoms with E-state index in [4.69, 9.17) is 0 Å². The first-order valence-electron chi connectivity index (χ1n) is 11.5. The molecule has 3 aromatic rings. The van der Waals surface area contributed by atoms with E-state index >= 15 is 0 Å². The van der Waals surface area contributed by atoms with Crippen molar-refractivity contribution in [1.82, 2.24) is 19.8 Å². The number of rotatable bonds is 11. The second-order valence-electron chi connectivity index (χ2n) is 8.19. The topological polar surface area (TPSA) is 67.2 Å². The van der Waals surface area contributed by atoms with Crippen molar-refractivity contribution in [2.45, 2.75) is 52.6 Å². The lowest BCUT2D eigenvalue weighted by molar-refractivity contribution is -0.121. The molecule has 32 heavy (non-hydrogen) atoms. The van der Waals surface area contributed by atoms with Gasteiger partial charge >= 0.3 is 0 Å². The third-order valence-electron chi connectivity index (χ3n) is 6.04. The number of aromatic nitrogens is 2. The minimum Gasteiger partial charge on any atom is -0.355 e. The van der Waals surface area contributed by atoms with Gasteiger partial charge in [-0.2, -0.15) is 0 Å². The molecule has 0 fully saturated rings. The first-order chi connectivity index (χ1) is 15.5. The minimum atomic E-state index is -0.0523. The first-order valence-corrected chi connectivity index (χ1v) is 11.5. The predicted molar refractivity (Wildman–Crippen MR) is 130 cm³/mol. The van der Waals surface area contributed by atoms with Crippen LogP contribution in [0.4, 0.5) is 0 Å². The third-order valence-corrected chi connectivity index (χ3v) is 6.04. The summed E-state index contributed by atoms with van der Waals surface area (Å²) in [6.45, 7) is 9.24. The summed E-state index contributed by atoms with van der Waals surface area (Å²) in [4.78, 5) is 32.0. The minimum absolute atomic E-state index is 0.0212. The van der Waals surface area contributed by atoms with E-state index in [-0.39, 0.29) is 17.5 Å². The Labute approximate surface area is 190 Å². The maximum atomic E-state index is 12.7. The van der Waals surface area contributed by atoms with E-state index in [1.807, 2.05) is 25.1 Å². The van der Waals surface area contributed by atoms with Gasteiger partial charge in [0.1, 0.15) is 0 Å². The number of hydrogen-bond acceptors (Lipinski definition) is 4. The van der Waals surface area contributed by atoms with E-state index in [0.29, 0.717) is 31.3 Å². The Morgan fingerprint density at radius 3 is 2.56 bits per heavy atom. The van der Waals surface area contributed by atoms with Crippen molar-refractivity contribution in [3.63, 3.8) is 0 Å². The van der Waals surface area contributed by atoms with Gasteiger partial charge in [-0.1, -0.05) is 56.3 Å². The van der Waals surface area contributed by atoms with Gasteiger partial charge in [0.15, 0.2) is 0 Å². The Morgan fingerprint density at radius 2 is 1.84 bits per heavy atom. The largest absolute Gasteiger partial charge is 0.355 e. The molecule has 1 heterocycles. The number of aryl methyl sites for hydroxylation is 2. The average Bonchev–Trinajstić information content (AvgIpc) is 2.81. The zero-order valence-corrected chi connectivity index (χ0v) is 19.4. The van der Waals surface area contributed by atoms with E-state index in [9.17, 15) is 9.59 Å². The molecule has 0 aliphatic rings. The Morgan fingerprint density at radius 1 is 1.09 bits per heavy atom. The quantitative estimate of drug-likeness (QED) is 0.501. The van der Waals surface area contributed by atoms with Crippen LogP contribution in [0.2, 0.25) is 0 Å². The number of hydrogen-bond donors (Lipinski definition) is 1. The summed E-state index contributed by atoms with van der Waals surface area (Å²) >= 11 is 0. The third kappa shape index (κ3) is 6.04. The monoisotopic (exact) mass is 434 g/mol. The first kappa shape index (κ1) is 23.7. The average molecular weight is 435 g/mol. The highest BCUT2D eigenvalue weighted by atomic mass is 16.1. The highest BCUT2D eigenvalue weighted by Gasteiger charge is 2.17. The lowest BCUT2D eigenvalue weighted by Gasteiger charge is -2.30. The molecule has 0 saturated carbocycles. The summed E-state index contributed by atoms with van der Waals surface area (Å²) < 4.78 is 1.60. The number of likely N-dealkylation sites (N-methyl/N-ethyl adjacent to an activating group) is 1. The zero-order valence-electron chi connectivity index (χ0n) is 19.4. The Hall–Kier alpha value is -2.99.